The second kappa shape index (κ2) is 12.7. The summed E-state index contributed by atoms with van der Waals surface area (Å²) in [6.45, 7) is 20.3. The molecule has 0 fully saturated rings. The molecule has 43 heavy (non-hydrogen) atoms. The van der Waals surface area contributed by atoms with E-state index >= 15 is 0 Å². The molecule has 1 aliphatic rings. The minimum Gasteiger partial charge on any atom is -0.305 e. The second-order valence-electron chi connectivity index (χ2n) is 13.0. The van der Waals surface area contributed by atoms with Crippen LogP contribution in [0.25, 0.3) is 33.6 Å². The standard InChI is InChI=1S/C27H30N.C13H12N.Ir/c1-17(2)19-12-13-28-25(16-19)20-9-11-23-22(15-20)21-10-8-18(3)14-24(21)27(6,7)26(23,4)5;1-10-8-13(14-9-11(10)2)12-6-4-3-5-7-12;/h8,10-17H,1-7H3;3-6,8-9H,1-2H3;/q2*-1;. The fourth-order valence-corrected chi connectivity index (χ4v) is 5.74. The summed E-state index contributed by atoms with van der Waals surface area (Å²) in [7, 11) is 0. The van der Waals surface area contributed by atoms with Crippen molar-refractivity contribution in [1.82, 2.24) is 9.97 Å². The molecule has 0 aliphatic heterocycles. The van der Waals surface area contributed by atoms with Crippen molar-refractivity contribution in [3.63, 3.8) is 0 Å². The smallest absolute Gasteiger partial charge is 0.0192 e. The molecule has 2 nitrogen and oxygen atoms in total. The van der Waals surface area contributed by atoms with Crippen molar-refractivity contribution in [2.45, 2.75) is 79.1 Å². The minimum atomic E-state index is 0. The molecule has 223 valence electrons. The van der Waals surface area contributed by atoms with Crippen molar-refractivity contribution in [3.05, 3.63) is 131 Å². The number of benzene rings is 3. The summed E-state index contributed by atoms with van der Waals surface area (Å²) >= 11 is 0. The van der Waals surface area contributed by atoms with Crippen LogP contribution in [0.1, 0.15) is 80.8 Å². The van der Waals surface area contributed by atoms with E-state index in [2.05, 4.69) is 133 Å². The second-order valence-corrected chi connectivity index (χ2v) is 13.0. The van der Waals surface area contributed by atoms with Crippen molar-refractivity contribution in [1.29, 1.82) is 0 Å². The van der Waals surface area contributed by atoms with E-state index in [1.807, 2.05) is 36.7 Å². The minimum absolute atomic E-state index is 0. The Balaban J connectivity index is 0.000000238. The van der Waals surface area contributed by atoms with Crippen molar-refractivity contribution in [2.24, 2.45) is 0 Å². The number of aromatic nitrogens is 2. The van der Waals surface area contributed by atoms with Gasteiger partial charge >= 0.3 is 0 Å². The predicted molar refractivity (Wildman–Crippen MR) is 177 cm³/mol. The van der Waals surface area contributed by atoms with Crippen molar-refractivity contribution in [3.8, 4) is 33.6 Å². The number of nitrogens with zero attached hydrogens (tertiary/aromatic N) is 2. The molecule has 3 aromatic carbocycles. The largest absolute Gasteiger partial charge is 0.305 e. The molecule has 0 bridgehead atoms. The zero-order valence-electron chi connectivity index (χ0n) is 26.9. The monoisotopic (exact) mass is 743 g/mol. The Hall–Kier alpha value is -3.39. The summed E-state index contributed by atoms with van der Waals surface area (Å²) in [4.78, 5) is 9.02. The van der Waals surface area contributed by atoms with E-state index in [9.17, 15) is 0 Å². The number of pyridine rings is 2. The van der Waals surface area contributed by atoms with E-state index in [1.54, 1.807) is 0 Å². The summed E-state index contributed by atoms with van der Waals surface area (Å²) in [6.07, 6.45) is 3.83. The van der Waals surface area contributed by atoms with Gasteiger partial charge in [0.2, 0.25) is 0 Å². The van der Waals surface area contributed by atoms with Crippen LogP contribution in [0, 0.1) is 32.9 Å². The van der Waals surface area contributed by atoms with Crippen molar-refractivity contribution >= 4 is 0 Å². The zero-order valence-corrected chi connectivity index (χ0v) is 29.3. The van der Waals surface area contributed by atoms with Gasteiger partial charge < -0.3 is 9.97 Å². The molecule has 0 saturated heterocycles. The number of hydrogen-bond acceptors (Lipinski definition) is 2. The normalized spacial score (nSPS) is 14.1. The van der Waals surface area contributed by atoms with Gasteiger partial charge in [-0.1, -0.05) is 94.1 Å². The molecule has 6 rings (SSSR count). The molecule has 5 aromatic rings. The van der Waals surface area contributed by atoms with Crippen LogP contribution in [-0.4, -0.2) is 9.97 Å². The number of hydrogen-bond donors (Lipinski definition) is 0. The number of aryl methyl sites for hydroxylation is 3. The van der Waals surface area contributed by atoms with Gasteiger partial charge in [-0.25, -0.2) is 0 Å². The third-order valence-corrected chi connectivity index (χ3v) is 9.41. The molecule has 1 aliphatic carbocycles. The van der Waals surface area contributed by atoms with E-state index in [-0.39, 0.29) is 30.9 Å². The Kier molecular flexibility index (Phi) is 9.60. The molecule has 0 N–H and O–H groups in total. The molecule has 1 radical (unpaired) electrons. The summed E-state index contributed by atoms with van der Waals surface area (Å²) in [5.74, 6) is 0.489. The third-order valence-electron chi connectivity index (χ3n) is 9.41. The SMILES string of the molecule is Cc1ccc2c(c1)C(C)(C)C(C)(C)c1c[c-]c(-c3cc(C(C)C)ccn3)cc1-2.Cc1cnc(-c2[c-]cccc2)cc1C.[Ir]. The molecule has 2 aromatic heterocycles. The quantitative estimate of drug-likeness (QED) is 0.172. The first-order chi connectivity index (χ1) is 19.9. The van der Waals surface area contributed by atoms with Crippen LogP contribution in [0.2, 0.25) is 0 Å². The summed E-state index contributed by atoms with van der Waals surface area (Å²) in [5.41, 5.74) is 14.8. The van der Waals surface area contributed by atoms with Gasteiger partial charge in [0.05, 0.1) is 0 Å². The van der Waals surface area contributed by atoms with Gasteiger partial charge in [-0.2, -0.15) is 0 Å². The van der Waals surface area contributed by atoms with Gasteiger partial charge in [-0.05, 0) is 71.7 Å². The van der Waals surface area contributed by atoms with Gasteiger partial charge in [0.1, 0.15) is 0 Å². The molecule has 0 unspecified atom stereocenters. The molecule has 0 spiro atoms. The molecular formula is C40H42IrN2-2. The van der Waals surface area contributed by atoms with Gasteiger partial charge in [-0.15, -0.1) is 65.2 Å². The average Bonchev–Trinajstić information content (AvgIpc) is 2.98. The fourth-order valence-electron chi connectivity index (χ4n) is 5.74. The summed E-state index contributed by atoms with van der Waals surface area (Å²) < 4.78 is 0. The van der Waals surface area contributed by atoms with Crippen LogP contribution in [0.5, 0.6) is 0 Å². The van der Waals surface area contributed by atoms with Crippen LogP contribution < -0.4 is 0 Å². The molecule has 0 atom stereocenters. The van der Waals surface area contributed by atoms with Crippen LogP contribution in [0.15, 0.2) is 85.2 Å². The van der Waals surface area contributed by atoms with Gasteiger partial charge in [0, 0.05) is 32.5 Å². The molecular weight excluding hydrogens is 701 g/mol. The first kappa shape index (κ1) is 32.5. The fraction of sp³-hybridized carbons (Fsp3) is 0.300. The third kappa shape index (κ3) is 6.30. The number of fused-ring (bicyclic) bond motifs is 3. The topological polar surface area (TPSA) is 25.8 Å². The van der Waals surface area contributed by atoms with Crippen molar-refractivity contribution in [2.75, 3.05) is 0 Å². The molecule has 3 heteroatoms. The first-order valence-corrected chi connectivity index (χ1v) is 14.9. The van der Waals surface area contributed by atoms with Gasteiger partial charge in [0.25, 0.3) is 0 Å². The van der Waals surface area contributed by atoms with Crippen LogP contribution in [0.3, 0.4) is 0 Å². The van der Waals surface area contributed by atoms with Crippen LogP contribution in [-0.2, 0) is 30.9 Å². The number of rotatable bonds is 3. The van der Waals surface area contributed by atoms with Crippen LogP contribution >= 0.6 is 0 Å². The van der Waals surface area contributed by atoms with E-state index in [4.69, 9.17) is 0 Å². The predicted octanol–water partition coefficient (Wildman–Crippen LogP) is 10.4. The Morgan fingerprint density at radius 1 is 0.674 bits per heavy atom. The first-order valence-electron chi connectivity index (χ1n) is 14.9. The van der Waals surface area contributed by atoms with Gasteiger partial charge in [0.15, 0.2) is 0 Å². The maximum atomic E-state index is 4.64. The maximum Gasteiger partial charge on any atom is 0.0192 e. The summed E-state index contributed by atoms with van der Waals surface area (Å²) in [5, 5.41) is 0. The van der Waals surface area contributed by atoms with Crippen LogP contribution in [0.4, 0.5) is 0 Å². The Bertz CT molecular complexity index is 1730. The Morgan fingerprint density at radius 2 is 1.40 bits per heavy atom. The average molecular weight is 743 g/mol. The molecule has 0 saturated carbocycles. The Morgan fingerprint density at radius 3 is 2.07 bits per heavy atom. The zero-order chi connectivity index (χ0) is 30.2. The van der Waals surface area contributed by atoms with E-state index in [1.165, 1.54) is 44.5 Å². The van der Waals surface area contributed by atoms with Crippen molar-refractivity contribution < 1.29 is 20.1 Å². The van der Waals surface area contributed by atoms with E-state index in [0.717, 1.165) is 22.5 Å². The summed E-state index contributed by atoms with van der Waals surface area (Å²) in [6, 6.07) is 32.4. The van der Waals surface area contributed by atoms with E-state index in [0.29, 0.717) is 5.92 Å². The van der Waals surface area contributed by atoms with Gasteiger partial charge in [-0.3, -0.25) is 0 Å². The Labute approximate surface area is 272 Å². The molecule has 0 amide bonds. The van der Waals surface area contributed by atoms with E-state index < -0.39 is 0 Å². The molecule has 2 heterocycles. The maximum absolute atomic E-state index is 4.64.